The molecule has 3 rings (SSSR count). The summed E-state index contributed by atoms with van der Waals surface area (Å²) in [6.07, 6.45) is 0. The average molecular weight is 280 g/mol. The minimum atomic E-state index is 0.215. The Labute approximate surface area is 123 Å². The van der Waals surface area contributed by atoms with Crippen molar-refractivity contribution in [2.75, 3.05) is 13.9 Å². The lowest BCUT2D eigenvalue weighted by molar-refractivity contribution is 0.0515. The standard InChI is InChI=1S/C17H16N2O2/c1-20-12-21-17-10-6-5-9-14(17)16-11-15(18-19-16)13-7-3-2-4-8-13/h2-11H,12H2,1H3,(H,18,19). The number of nitrogens with zero attached hydrogens (tertiary/aromatic N) is 1. The second-order valence-corrected chi connectivity index (χ2v) is 4.58. The number of para-hydroxylation sites is 1. The van der Waals surface area contributed by atoms with Crippen molar-refractivity contribution in [3.63, 3.8) is 0 Å². The van der Waals surface area contributed by atoms with Gasteiger partial charge in [0.25, 0.3) is 0 Å². The molecule has 0 saturated heterocycles. The van der Waals surface area contributed by atoms with E-state index >= 15 is 0 Å². The van der Waals surface area contributed by atoms with Crippen LogP contribution in [-0.2, 0) is 4.74 Å². The minimum Gasteiger partial charge on any atom is -0.467 e. The van der Waals surface area contributed by atoms with Crippen LogP contribution < -0.4 is 4.74 Å². The van der Waals surface area contributed by atoms with Crippen LogP contribution in [0.1, 0.15) is 0 Å². The first-order valence-electron chi connectivity index (χ1n) is 6.70. The predicted octanol–water partition coefficient (Wildman–Crippen LogP) is 3.73. The number of hydrogen-bond donors (Lipinski definition) is 1. The molecule has 0 unspecified atom stereocenters. The number of nitrogens with one attached hydrogen (secondary N) is 1. The first kappa shape index (κ1) is 13.4. The zero-order chi connectivity index (χ0) is 14.5. The van der Waals surface area contributed by atoms with Crippen LogP contribution in [0.3, 0.4) is 0 Å². The maximum atomic E-state index is 5.58. The van der Waals surface area contributed by atoms with Crippen LogP contribution in [0.5, 0.6) is 5.75 Å². The van der Waals surface area contributed by atoms with Crippen molar-refractivity contribution in [3.05, 3.63) is 60.7 Å². The van der Waals surface area contributed by atoms with Gasteiger partial charge in [0.15, 0.2) is 6.79 Å². The van der Waals surface area contributed by atoms with E-state index in [1.54, 1.807) is 7.11 Å². The Morgan fingerprint density at radius 3 is 2.57 bits per heavy atom. The largest absolute Gasteiger partial charge is 0.467 e. The molecule has 2 aromatic carbocycles. The molecule has 0 bridgehead atoms. The number of rotatable bonds is 5. The summed E-state index contributed by atoms with van der Waals surface area (Å²) >= 11 is 0. The molecule has 0 aliphatic rings. The van der Waals surface area contributed by atoms with E-state index in [9.17, 15) is 0 Å². The van der Waals surface area contributed by atoms with E-state index in [0.29, 0.717) is 0 Å². The van der Waals surface area contributed by atoms with Gasteiger partial charge in [-0.05, 0) is 23.8 Å². The monoisotopic (exact) mass is 280 g/mol. The van der Waals surface area contributed by atoms with Crippen molar-refractivity contribution in [1.82, 2.24) is 10.2 Å². The fourth-order valence-corrected chi connectivity index (χ4v) is 2.15. The van der Waals surface area contributed by atoms with Gasteiger partial charge < -0.3 is 9.47 Å². The number of ether oxygens (including phenoxy) is 2. The number of methoxy groups -OCH3 is 1. The van der Waals surface area contributed by atoms with E-state index in [1.807, 2.05) is 60.7 Å². The van der Waals surface area contributed by atoms with Crippen molar-refractivity contribution < 1.29 is 9.47 Å². The van der Waals surface area contributed by atoms with Crippen LogP contribution in [0.25, 0.3) is 22.5 Å². The van der Waals surface area contributed by atoms with Gasteiger partial charge in [0.05, 0.1) is 11.4 Å². The molecule has 21 heavy (non-hydrogen) atoms. The van der Waals surface area contributed by atoms with Crippen molar-refractivity contribution in [2.24, 2.45) is 0 Å². The maximum absolute atomic E-state index is 5.58. The molecule has 4 heteroatoms. The lowest BCUT2D eigenvalue weighted by Gasteiger charge is -2.08. The first-order valence-corrected chi connectivity index (χ1v) is 6.70. The molecule has 0 fully saturated rings. The van der Waals surface area contributed by atoms with Crippen LogP contribution in [0.4, 0.5) is 0 Å². The van der Waals surface area contributed by atoms with Crippen molar-refractivity contribution in [3.8, 4) is 28.3 Å². The number of hydrogen-bond acceptors (Lipinski definition) is 3. The topological polar surface area (TPSA) is 47.1 Å². The van der Waals surface area contributed by atoms with E-state index in [-0.39, 0.29) is 6.79 Å². The molecular formula is C17H16N2O2. The van der Waals surface area contributed by atoms with Gasteiger partial charge in [0.1, 0.15) is 5.75 Å². The van der Waals surface area contributed by atoms with Gasteiger partial charge in [-0.2, -0.15) is 5.10 Å². The van der Waals surface area contributed by atoms with Gasteiger partial charge in [0.2, 0.25) is 0 Å². The molecule has 1 aromatic heterocycles. The van der Waals surface area contributed by atoms with E-state index in [0.717, 1.165) is 28.3 Å². The third kappa shape index (κ3) is 2.95. The Kier molecular flexibility index (Phi) is 3.98. The van der Waals surface area contributed by atoms with Crippen LogP contribution >= 0.6 is 0 Å². The molecule has 0 aliphatic heterocycles. The second-order valence-electron chi connectivity index (χ2n) is 4.58. The van der Waals surface area contributed by atoms with E-state index in [4.69, 9.17) is 9.47 Å². The van der Waals surface area contributed by atoms with Gasteiger partial charge in [0, 0.05) is 12.7 Å². The lowest BCUT2D eigenvalue weighted by atomic mass is 10.1. The molecule has 0 aliphatic carbocycles. The summed E-state index contributed by atoms with van der Waals surface area (Å²) in [5, 5.41) is 7.45. The highest BCUT2D eigenvalue weighted by atomic mass is 16.7. The van der Waals surface area contributed by atoms with E-state index < -0.39 is 0 Å². The Balaban J connectivity index is 1.93. The SMILES string of the molecule is COCOc1ccccc1-c1cc(-c2ccccc2)[nH]n1. The van der Waals surface area contributed by atoms with E-state index in [2.05, 4.69) is 10.2 Å². The smallest absolute Gasteiger partial charge is 0.188 e. The molecular weight excluding hydrogens is 264 g/mol. The molecule has 1 N–H and O–H groups in total. The van der Waals surface area contributed by atoms with Gasteiger partial charge in [-0.25, -0.2) is 0 Å². The van der Waals surface area contributed by atoms with Gasteiger partial charge in [-0.1, -0.05) is 42.5 Å². The normalized spacial score (nSPS) is 10.5. The van der Waals surface area contributed by atoms with Crippen molar-refractivity contribution in [1.29, 1.82) is 0 Å². The Hall–Kier alpha value is -2.59. The van der Waals surface area contributed by atoms with E-state index in [1.165, 1.54) is 0 Å². The van der Waals surface area contributed by atoms with Crippen LogP contribution in [-0.4, -0.2) is 24.1 Å². The molecule has 1 heterocycles. The van der Waals surface area contributed by atoms with Crippen molar-refractivity contribution >= 4 is 0 Å². The summed E-state index contributed by atoms with van der Waals surface area (Å²) in [4.78, 5) is 0. The molecule has 106 valence electrons. The number of aromatic nitrogens is 2. The fourth-order valence-electron chi connectivity index (χ4n) is 2.15. The highest BCUT2D eigenvalue weighted by molar-refractivity contribution is 5.72. The maximum Gasteiger partial charge on any atom is 0.188 e. The minimum absolute atomic E-state index is 0.215. The molecule has 3 aromatic rings. The third-order valence-corrected chi connectivity index (χ3v) is 3.16. The molecule has 0 radical (unpaired) electrons. The third-order valence-electron chi connectivity index (χ3n) is 3.16. The Bertz CT molecular complexity index is 708. The highest BCUT2D eigenvalue weighted by Crippen LogP contribution is 2.30. The lowest BCUT2D eigenvalue weighted by Crippen LogP contribution is -2.00. The summed E-state index contributed by atoms with van der Waals surface area (Å²) in [5.74, 6) is 0.755. The first-order chi connectivity index (χ1) is 10.4. The zero-order valence-electron chi connectivity index (χ0n) is 11.7. The Morgan fingerprint density at radius 2 is 1.76 bits per heavy atom. The van der Waals surface area contributed by atoms with Crippen molar-refractivity contribution in [2.45, 2.75) is 0 Å². The van der Waals surface area contributed by atoms with Crippen LogP contribution in [0.15, 0.2) is 60.7 Å². The molecule has 0 spiro atoms. The molecule has 4 nitrogen and oxygen atoms in total. The molecule has 0 atom stereocenters. The summed E-state index contributed by atoms with van der Waals surface area (Å²) in [7, 11) is 1.60. The van der Waals surface area contributed by atoms with Crippen LogP contribution in [0, 0.1) is 0 Å². The number of aromatic amines is 1. The quantitative estimate of drug-likeness (QED) is 0.724. The number of H-pyrrole nitrogens is 1. The number of benzene rings is 2. The predicted molar refractivity (Wildman–Crippen MR) is 82.0 cm³/mol. The Morgan fingerprint density at radius 1 is 1.00 bits per heavy atom. The van der Waals surface area contributed by atoms with Gasteiger partial charge in [-0.3, -0.25) is 5.10 Å². The zero-order valence-corrected chi connectivity index (χ0v) is 11.7. The van der Waals surface area contributed by atoms with Gasteiger partial charge >= 0.3 is 0 Å². The summed E-state index contributed by atoms with van der Waals surface area (Å²) in [5.41, 5.74) is 3.87. The van der Waals surface area contributed by atoms with Crippen LogP contribution in [0.2, 0.25) is 0 Å². The van der Waals surface area contributed by atoms with Gasteiger partial charge in [-0.15, -0.1) is 0 Å². The highest BCUT2D eigenvalue weighted by Gasteiger charge is 2.10. The average Bonchev–Trinajstić information content (AvgIpc) is 3.04. The fraction of sp³-hybridized carbons (Fsp3) is 0.118. The summed E-state index contributed by atoms with van der Waals surface area (Å²) < 4.78 is 10.5. The summed E-state index contributed by atoms with van der Waals surface area (Å²) in [6, 6.07) is 19.9. The molecule has 0 saturated carbocycles. The second kappa shape index (κ2) is 6.24. The summed E-state index contributed by atoms with van der Waals surface area (Å²) in [6.45, 7) is 0.215. The molecule has 0 amide bonds.